The van der Waals surface area contributed by atoms with Crippen LogP contribution < -0.4 is 0 Å². The van der Waals surface area contributed by atoms with E-state index in [-0.39, 0.29) is 5.41 Å². The van der Waals surface area contributed by atoms with Gasteiger partial charge in [0.1, 0.15) is 0 Å². The second-order valence-corrected chi connectivity index (χ2v) is 7.83. The van der Waals surface area contributed by atoms with E-state index in [9.17, 15) is 0 Å². The average Bonchev–Trinajstić information content (AvgIpc) is 3.09. The topological polar surface area (TPSA) is 65.4 Å². The first-order valence-electron chi connectivity index (χ1n) is 8.11. The maximum absolute atomic E-state index is 8.83. The third kappa shape index (κ3) is 4.28. The Hall–Kier alpha value is -2.58. The molecular weight excluding hydrogens is 328 g/mol. The van der Waals surface area contributed by atoms with Crippen molar-refractivity contribution in [3.05, 3.63) is 65.2 Å². The number of hydrogen-bond acceptors (Lipinski definition) is 4. The summed E-state index contributed by atoms with van der Waals surface area (Å²) in [5.74, 6) is 1.55. The molecule has 0 aliphatic rings. The summed E-state index contributed by atoms with van der Waals surface area (Å²) in [7, 11) is 0. The molecule has 0 fully saturated rings. The third-order valence-electron chi connectivity index (χ3n) is 3.94. The zero-order valence-corrected chi connectivity index (χ0v) is 15.4. The van der Waals surface area contributed by atoms with Gasteiger partial charge in [0.25, 0.3) is 0 Å². The molecule has 0 saturated heterocycles. The van der Waals surface area contributed by atoms with Crippen LogP contribution in [-0.4, -0.2) is 15.2 Å². The van der Waals surface area contributed by atoms with Crippen LogP contribution in [0.5, 0.6) is 0 Å². The number of benzene rings is 2. The maximum Gasteiger partial charge on any atom is 0.209 e. The molecular formula is C20H20N4S. The molecule has 5 heteroatoms. The summed E-state index contributed by atoms with van der Waals surface area (Å²) < 4.78 is 0. The normalized spacial score (nSPS) is 11.3. The predicted octanol–water partition coefficient (Wildman–Crippen LogP) is 4.93. The molecule has 0 unspecified atom stereocenters. The van der Waals surface area contributed by atoms with E-state index in [1.54, 1.807) is 11.8 Å². The maximum atomic E-state index is 8.83. The Morgan fingerprint density at radius 1 is 1.04 bits per heavy atom. The molecule has 0 spiro atoms. The standard InChI is InChI=1S/C20H20N4S/c1-20(2,3)17-10-8-16(9-11-17)18-22-19(24-23-18)25-13-15-6-4-14(12-21)5-7-15/h4-11H,13H2,1-3H3,(H,22,23,24). The van der Waals surface area contributed by atoms with Crippen LogP contribution >= 0.6 is 11.8 Å². The summed E-state index contributed by atoms with van der Waals surface area (Å²) in [5.41, 5.74) is 4.29. The molecule has 0 bridgehead atoms. The van der Waals surface area contributed by atoms with Crippen molar-refractivity contribution in [1.82, 2.24) is 15.2 Å². The van der Waals surface area contributed by atoms with Crippen molar-refractivity contribution >= 4 is 11.8 Å². The molecule has 0 amide bonds. The molecule has 126 valence electrons. The van der Waals surface area contributed by atoms with Crippen molar-refractivity contribution in [3.63, 3.8) is 0 Å². The highest BCUT2D eigenvalue weighted by atomic mass is 32.2. The van der Waals surface area contributed by atoms with Gasteiger partial charge in [0, 0.05) is 11.3 Å². The second kappa shape index (κ2) is 7.12. The monoisotopic (exact) mass is 348 g/mol. The van der Waals surface area contributed by atoms with Gasteiger partial charge in [-0.3, -0.25) is 5.10 Å². The lowest BCUT2D eigenvalue weighted by Gasteiger charge is -2.18. The Kier molecular flexibility index (Phi) is 4.91. The lowest BCUT2D eigenvalue weighted by molar-refractivity contribution is 0.590. The first-order valence-corrected chi connectivity index (χ1v) is 9.09. The Morgan fingerprint density at radius 3 is 2.32 bits per heavy atom. The molecule has 0 aliphatic carbocycles. The number of aromatic amines is 1. The molecule has 1 aromatic heterocycles. The van der Waals surface area contributed by atoms with Crippen molar-refractivity contribution < 1.29 is 0 Å². The number of rotatable bonds is 4. The lowest BCUT2D eigenvalue weighted by Crippen LogP contribution is -2.10. The fourth-order valence-electron chi connectivity index (χ4n) is 2.39. The highest BCUT2D eigenvalue weighted by Gasteiger charge is 2.14. The predicted molar refractivity (Wildman–Crippen MR) is 101 cm³/mol. The molecule has 4 nitrogen and oxygen atoms in total. The fourth-order valence-corrected chi connectivity index (χ4v) is 3.15. The number of hydrogen-bond donors (Lipinski definition) is 1. The summed E-state index contributed by atoms with van der Waals surface area (Å²) in [6.45, 7) is 6.61. The first kappa shape index (κ1) is 17.2. The molecule has 0 saturated carbocycles. The molecule has 3 aromatic rings. The molecule has 3 rings (SSSR count). The fraction of sp³-hybridized carbons (Fsp3) is 0.250. The Labute approximate surface area is 152 Å². The first-order chi connectivity index (χ1) is 12.0. The van der Waals surface area contributed by atoms with Crippen LogP contribution in [0.4, 0.5) is 0 Å². The summed E-state index contributed by atoms with van der Waals surface area (Å²) >= 11 is 1.57. The minimum Gasteiger partial charge on any atom is -0.258 e. The van der Waals surface area contributed by atoms with E-state index in [0.717, 1.165) is 27.9 Å². The lowest BCUT2D eigenvalue weighted by atomic mass is 9.87. The van der Waals surface area contributed by atoms with E-state index in [0.29, 0.717) is 5.56 Å². The van der Waals surface area contributed by atoms with Crippen molar-refractivity contribution in [2.24, 2.45) is 0 Å². The number of H-pyrrole nitrogens is 1. The van der Waals surface area contributed by atoms with Crippen molar-refractivity contribution in [2.45, 2.75) is 37.1 Å². The van der Waals surface area contributed by atoms with Crippen LogP contribution in [0.2, 0.25) is 0 Å². The van der Waals surface area contributed by atoms with Crippen molar-refractivity contribution in [1.29, 1.82) is 5.26 Å². The molecule has 0 radical (unpaired) electrons. The quantitative estimate of drug-likeness (QED) is 0.679. The summed E-state index contributed by atoms with van der Waals surface area (Å²) in [6.07, 6.45) is 0. The molecule has 1 heterocycles. The molecule has 0 atom stereocenters. The van der Waals surface area contributed by atoms with Gasteiger partial charge < -0.3 is 0 Å². The SMILES string of the molecule is CC(C)(C)c1ccc(-c2nc(SCc3ccc(C#N)cc3)n[nH]2)cc1. The van der Waals surface area contributed by atoms with Gasteiger partial charge in [-0.25, -0.2) is 4.98 Å². The number of nitrogens with zero attached hydrogens (tertiary/aromatic N) is 3. The van der Waals surface area contributed by atoms with Crippen LogP contribution in [0.1, 0.15) is 37.5 Å². The van der Waals surface area contributed by atoms with Crippen molar-refractivity contribution in [3.8, 4) is 17.5 Å². The van der Waals surface area contributed by atoms with Gasteiger partial charge in [-0.1, -0.05) is 68.9 Å². The van der Waals surface area contributed by atoms with Gasteiger partial charge in [0.15, 0.2) is 5.82 Å². The van der Waals surface area contributed by atoms with E-state index in [1.807, 2.05) is 24.3 Å². The largest absolute Gasteiger partial charge is 0.258 e. The number of aromatic nitrogens is 3. The van der Waals surface area contributed by atoms with E-state index >= 15 is 0 Å². The summed E-state index contributed by atoms with van der Waals surface area (Å²) in [6, 6.07) is 18.1. The van der Waals surface area contributed by atoms with E-state index in [2.05, 4.69) is 66.3 Å². The molecule has 0 aliphatic heterocycles. The van der Waals surface area contributed by atoms with E-state index in [4.69, 9.17) is 5.26 Å². The van der Waals surface area contributed by atoms with Gasteiger partial charge in [0.2, 0.25) is 5.16 Å². The van der Waals surface area contributed by atoms with Gasteiger partial charge in [-0.2, -0.15) is 5.26 Å². The van der Waals surface area contributed by atoms with Crippen LogP contribution in [0, 0.1) is 11.3 Å². The van der Waals surface area contributed by atoms with Crippen LogP contribution in [0.3, 0.4) is 0 Å². The van der Waals surface area contributed by atoms with Crippen LogP contribution in [-0.2, 0) is 11.2 Å². The smallest absolute Gasteiger partial charge is 0.209 e. The van der Waals surface area contributed by atoms with Gasteiger partial charge in [-0.05, 0) is 28.7 Å². The van der Waals surface area contributed by atoms with Crippen LogP contribution in [0.15, 0.2) is 53.7 Å². The summed E-state index contributed by atoms with van der Waals surface area (Å²) in [5, 5.41) is 16.8. The van der Waals surface area contributed by atoms with E-state index < -0.39 is 0 Å². The minimum atomic E-state index is 0.141. The van der Waals surface area contributed by atoms with Crippen molar-refractivity contribution in [2.75, 3.05) is 0 Å². The zero-order valence-electron chi connectivity index (χ0n) is 14.6. The van der Waals surface area contributed by atoms with Gasteiger partial charge in [0.05, 0.1) is 11.6 Å². The Balaban J connectivity index is 1.66. The highest BCUT2D eigenvalue weighted by molar-refractivity contribution is 7.98. The highest BCUT2D eigenvalue weighted by Crippen LogP contribution is 2.26. The average molecular weight is 348 g/mol. The van der Waals surface area contributed by atoms with E-state index in [1.165, 1.54) is 5.56 Å². The number of thioether (sulfide) groups is 1. The molecule has 25 heavy (non-hydrogen) atoms. The molecule has 1 N–H and O–H groups in total. The van der Waals surface area contributed by atoms with Gasteiger partial charge >= 0.3 is 0 Å². The Bertz CT molecular complexity index is 881. The minimum absolute atomic E-state index is 0.141. The third-order valence-corrected chi connectivity index (χ3v) is 4.86. The summed E-state index contributed by atoms with van der Waals surface area (Å²) in [4.78, 5) is 4.57. The number of nitrogens with one attached hydrogen (secondary N) is 1. The second-order valence-electron chi connectivity index (χ2n) is 6.89. The molecule has 2 aromatic carbocycles. The Morgan fingerprint density at radius 2 is 1.72 bits per heavy atom. The zero-order chi connectivity index (χ0) is 17.9. The van der Waals surface area contributed by atoms with Crippen LogP contribution in [0.25, 0.3) is 11.4 Å². The number of nitriles is 1. The van der Waals surface area contributed by atoms with Gasteiger partial charge in [-0.15, -0.1) is 5.10 Å².